The first-order valence-electron chi connectivity index (χ1n) is 10.1. The summed E-state index contributed by atoms with van der Waals surface area (Å²) in [4.78, 5) is 46.4. The largest absolute Gasteiger partial charge is 0.339 e. The van der Waals surface area contributed by atoms with Crippen LogP contribution >= 0.6 is 0 Å². The van der Waals surface area contributed by atoms with E-state index in [-0.39, 0.29) is 28.4 Å². The molecule has 0 bridgehead atoms. The molecule has 0 unspecified atom stereocenters. The number of likely N-dealkylation sites (tertiary alicyclic amines) is 2. The van der Waals surface area contributed by atoms with E-state index in [9.17, 15) is 14.4 Å². The Bertz CT molecular complexity index is 1020. The Morgan fingerprint density at radius 1 is 1.25 bits per heavy atom. The molecule has 2 aromatic heterocycles. The Morgan fingerprint density at radius 3 is 2.86 bits per heavy atom. The lowest BCUT2D eigenvalue weighted by atomic mass is 9.73. The normalized spacial score (nSPS) is 25.7. The summed E-state index contributed by atoms with van der Waals surface area (Å²) in [5, 5.41) is 2.94. The van der Waals surface area contributed by atoms with Gasteiger partial charge in [-0.1, -0.05) is 0 Å². The van der Waals surface area contributed by atoms with Gasteiger partial charge in [0.25, 0.3) is 11.5 Å². The van der Waals surface area contributed by atoms with Gasteiger partial charge < -0.3 is 9.80 Å². The standard InChI is InChI=1S/C20H25N5O3/c1-13-9-16-21-10-15(19(28)25(16)22-13)18(27)23-8-2-6-20(11-23)7-5-17(26)24(12-20)14-3-4-14/h9-10,14,22H,2-8,11-12H2,1H3/t20-/m0/s1. The Balaban J connectivity index is 1.40. The van der Waals surface area contributed by atoms with Gasteiger partial charge in [-0.3, -0.25) is 19.5 Å². The molecule has 8 nitrogen and oxygen atoms in total. The second kappa shape index (κ2) is 6.18. The number of carbonyl (C=O) groups excluding carboxylic acids is 2. The van der Waals surface area contributed by atoms with Gasteiger partial charge in [0, 0.05) is 55.5 Å². The van der Waals surface area contributed by atoms with Crippen molar-refractivity contribution in [3.63, 3.8) is 0 Å². The highest BCUT2D eigenvalue weighted by molar-refractivity contribution is 5.94. The maximum atomic E-state index is 13.2. The quantitative estimate of drug-likeness (QED) is 0.847. The second-order valence-corrected chi connectivity index (χ2v) is 8.69. The molecule has 8 heteroatoms. The van der Waals surface area contributed by atoms with Crippen LogP contribution in [0.4, 0.5) is 0 Å². The van der Waals surface area contributed by atoms with Gasteiger partial charge in [0.05, 0.1) is 0 Å². The summed E-state index contributed by atoms with van der Waals surface area (Å²) in [6.07, 6.45) is 6.91. The topological polar surface area (TPSA) is 90.8 Å². The third kappa shape index (κ3) is 2.82. The molecule has 28 heavy (non-hydrogen) atoms. The molecule has 1 aliphatic carbocycles. The van der Waals surface area contributed by atoms with Crippen molar-refractivity contribution < 1.29 is 9.59 Å². The molecule has 5 rings (SSSR count). The number of amides is 2. The third-order valence-electron chi connectivity index (χ3n) is 6.48. The third-order valence-corrected chi connectivity index (χ3v) is 6.48. The zero-order chi connectivity index (χ0) is 19.5. The first kappa shape index (κ1) is 17.5. The summed E-state index contributed by atoms with van der Waals surface area (Å²) in [7, 11) is 0. The van der Waals surface area contributed by atoms with Crippen molar-refractivity contribution in [2.24, 2.45) is 5.41 Å². The van der Waals surface area contributed by atoms with Crippen LogP contribution in [0.3, 0.4) is 0 Å². The van der Waals surface area contributed by atoms with Gasteiger partial charge >= 0.3 is 0 Å². The number of H-pyrrole nitrogens is 1. The van der Waals surface area contributed by atoms with Crippen LogP contribution in [0.1, 0.15) is 54.6 Å². The Labute approximate surface area is 162 Å². The lowest BCUT2D eigenvalue weighted by Gasteiger charge is -2.48. The molecule has 1 N–H and O–H groups in total. The number of fused-ring (bicyclic) bond motifs is 1. The van der Waals surface area contributed by atoms with Crippen molar-refractivity contribution in [2.45, 2.75) is 51.5 Å². The fraction of sp³-hybridized carbons (Fsp3) is 0.600. The van der Waals surface area contributed by atoms with Crippen LogP contribution in [0, 0.1) is 12.3 Å². The maximum Gasteiger partial charge on any atom is 0.285 e. The van der Waals surface area contributed by atoms with E-state index in [1.165, 1.54) is 10.7 Å². The highest BCUT2D eigenvalue weighted by atomic mass is 16.2. The van der Waals surface area contributed by atoms with Gasteiger partial charge in [0.2, 0.25) is 5.91 Å². The smallest absolute Gasteiger partial charge is 0.285 e. The summed E-state index contributed by atoms with van der Waals surface area (Å²) >= 11 is 0. The zero-order valence-corrected chi connectivity index (χ0v) is 16.1. The number of nitrogens with one attached hydrogen (secondary N) is 1. The molecule has 3 aliphatic rings. The molecule has 1 atom stereocenters. The zero-order valence-electron chi connectivity index (χ0n) is 16.1. The number of aryl methyl sites for hydroxylation is 1. The number of rotatable bonds is 2. The molecule has 2 saturated heterocycles. The van der Waals surface area contributed by atoms with Gasteiger partial charge in [-0.05, 0) is 39.0 Å². The average molecular weight is 383 g/mol. The number of carbonyl (C=O) groups is 2. The van der Waals surface area contributed by atoms with E-state index < -0.39 is 0 Å². The average Bonchev–Trinajstić information content (AvgIpc) is 3.45. The molecule has 3 fully saturated rings. The first-order chi connectivity index (χ1) is 13.5. The molecule has 148 valence electrons. The minimum Gasteiger partial charge on any atom is -0.339 e. The summed E-state index contributed by atoms with van der Waals surface area (Å²) in [5.41, 5.74) is 1.03. The number of hydrogen-bond acceptors (Lipinski definition) is 4. The van der Waals surface area contributed by atoms with E-state index >= 15 is 0 Å². The summed E-state index contributed by atoms with van der Waals surface area (Å²) in [6, 6.07) is 2.18. The van der Waals surface area contributed by atoms with Crippen LogP contribution in [0.15, 0.2) is 17.1 Å². The van der Waals surface area contributed by atoms with E-state index in [2.05, 4.69) is 10.1 Å². The van der Waals surface area contributed by atoms with Crippen LogP contribution in [0.2, 0.25) is 0 Å². The van der Waals surface area contributed by atoms with E-state index in [4.69, 9.17) is 0 Å². The number of hydrogen-bond donors (Lipinski definition) is 1. The monoisotopic (exact) mass is 383 g/mol. The molecule has 1 spiro atoms. The van der Waals surface area contributed by atoms with Crippen molar-refractivity contribution in [3.05, 3.63) is 33.9 Å². The van der Waals surface area contributed by atoms with E-state index in [0.29, 0.717) is 31.2 Å². The van der Waals surface area contributed by atoms with Crippen molar-refractivity contribution in [1.29, 1.82) is 0 Å². The SMILES string of the molecule is Cc1cc2ncc(C(=O)N3CCC[C@]4(CCC(=O)N(C5CC5)C4)C3)c(=O)n2[nH]1. The van der Waals surface area contributed by atoms with Crippen LogP contribution in [0.5, 0.6) is 0 Å². The predicted molar refractivity (Wildman–Crippen MR) is 102 cm³/mol. The summed E-state index contributed by atoms with van der Waals surface area (Å²) in [5.74, 6) is -0.000291. The van der Waals surface area contributed by atoms with Gasteiger partial charge in [0.1, 0.15) is 5.56 Å². The fourth-order valence-electron chi connectivity index (χ4n) is 4.87. The van der Waals surface area contributed by atoms with E-state index in [1.54, 1.807) is 11.0 Å². The first-order valence-corrected chi connectivity index (χ1v) is 10.1. The van der Waals surface area contributed by atoms with Crippen LogP contribution < -0.4 is 5.56 Å². The Morgan fingerprint density at radius 2 is 2.07 bits per heavy atom. The molecule has 1 saturated carbocycles. The fourth-order valence-corrected chi connectivity index (χ4v) is 4.87. The summed E-state index contributed by atoms with van der Waals surface area (Å²) in [6.45, 7) is 3.84. The highest BCUT2D eigenvalue weighted by Gasteiger charge is 2.46. The second-order valence-electron chi connectivity index (χ2n) is 8.69. The molecule has 2 aliphatic heterocycles. The van der Waals surface area contributed by atoms with Crippen LogP contribution in [-0.4, -0.2) is 61.9 Å². The number of aromatic amines is 1. The van der Waals surface area contributed by atoms with Gasteiger partial charge in [0.15, 0.2) is 5.65 Å². The summed E-state index contributed by atoms with van der Waals surface area (Å²) < 4.78 is 1.33. The minimum atomic E-state index is -0.360. The minimum absolute atomic E-state index is 0.0405. The molecule has 2 aromatic rings. The molecular formula is C20H25N5O3. The van der Waals surface area contributed by atoms with Gasteiger partial charge in [-0.25, -0.2) is 9.50 Å². The van der Waals surface area contributed by atoms with Crippen molar-refractivity contribution in [3.8, 4) is 0 Å². The molecule has 0 aromatic carbocycles. The van der Waals surface area contributed by atoms with E-state index in [0.717, 1.165) is 44.3 Å². The number of aromatic nitrogens is 3. The maximum absolute atomic E-state index is 13.2. The molecule has 4 heterocycles. The lowest BCUT2D eigenvalue weighted by molar-refractivity contribution is -0.139. The highest BCUT2D eigenvalue weighted by Crippen LogP contribution is 2.42. The van der Waals surface area contributed by atoms with Gasteiger partial charge in [-0.15, -0.1) is 0 Å². The number of nitrogens with zero attached hydrogens (tertiary/aromatic N) is 4. The van der Waals surface area contributed by atoms with Crippen molar-refractivity contribution >= 4 is 17.5 Å². The van der Waals surface area contributed by atoms with Crippen LogP contribution in [-0.2, 0) is 4.79 Å². The number of piperidine rings is 2. The predicted octanol–water partition coefficient (Wildman–Crippen LogP) is 1.34. The van der Waals surface area contributed by atoms with Crippen molar-refractivity contribution in [2.75, 3.05) is 19.6 Å². The van der Waals surface area contributed by atoms with E-state index in [1.807, 2.05) is 11.8 Å². The molecule has 2 amide bonds. The van der Waals surface area contributed by atoms with Crippen molar-refractivity contribution in [1.82, 2.24) is 24.4 Å². The lowest BCUT2D eigenvalue weighted by Crippen LogP contribution is -2.55. The van der Waals surface area contributed by atoms with Gasteiger partial charge in [-0.2, -0.15) is 0 Å². The molecular weight excluding hydrogens is 358 g/mol. The molecule has 0 radical (unpaired) electrons. The Kier molecular flexibility index (Phi) is 3.86. The van der Waals surface area contributed by atoms with Crippen LogP contribution in [0.25, 0.3) is 5.65 Å². The Hall–Kier alpha value is -2.64.